The summed E-state index contributed by atoms with van der Waals surface area (Å²) in [6.07, 6.45) is 0. The highest BCUT2D eigenvalue weighted by Gasteiger charge is 2.46. The average molecular weight is 197 g/mol. The number of ether oxygens (including phenoxy) is 1. The second-order valence-electron chi connectivity index (χ2n) is 4.18. The van der Waals surface area contributed by atoms with E-state index in [0.29, 0.717) is 5.88 Å². The number of hydrogen-bond acceptors (Lipinski definition) is 3. The Morgan fingerprint density at radius 2 is 1.79 bits per heavy atom. The molecule has 1 rings (SSSR count). The lowest BCUT2D eigenvalue weighted by molar-refractivity contribution is -0.170. The van der Waals surface area contributed by atoms with Crippen molar-refractivity contribution < 1.29 is 14.3 Å². The number of amides is 1. The Balaban J connectivity index is 3.15. The molecule has 1 saturated heterocycles. The predicted octanol–water partition coefficient (Wildman–Crippen LogP) is 1.28. The zero-order valence-electron chi connectivity index (χ0n) is 9.17. The molecule has 14 heavy (non-hydrogen) atoms. The Bertz CT molecular complexity index is 324. The van der Waals surface area contributed by atoms with Gasteiger partial charge in [-0.1, -0.05) is 0 Å². The van der Waals surface area contributed by atoms with Crippen molar-refractivity contribution in [2.75, 3.05) is 7.05 Å². The van der Waals surface area contributed by atoms with E-state index in [1.165, 1.54) is 4.90 Å². The van der Waals surface area contributed by atoms with E-state index in [1.54, 1.807) is 34.7 Å². The SMILES string of the molecule is CC(C)=C1OC(=O)C(C)(C)C(=O)N1C. The third kappa shape index (κ3) is 1.41. The molecule has 0 aromatic carbocycles. The maximum absolute atomic E-state index is 11.8. The molecule has 0 unspecified atom stereocenters. The summed E-state index contributed by atoms with van der Waals surface area (Å²) >= 11 is 0. The molecule has 0 bridgehead atoms. The summed E-state index contributed by atoms with van der Waals surface area (Å²) < 4.78 is 5.09. The first-order chi connectivity index (χ1) is 6.28. The van der Waals surface area contributed by atoms with Gasteiger partial charge in [-0.2, -0.15) is 0 Å². The van der Waals surface area contributed by atoms with E-state index in [1.807, 2.05) is 0 Å². The first kappa shape index (κ1) is 10.8. The van der Waals surface area contributed by atoms with Gasteiger partial charge in [-0.15, -0.1) is 0 Å². The maximum Gasteiger partial charge on any atom is 0.327 e. The molecule has 0 aromatic heterocycles. The third-order valence-electron chi connectivity index (χ3n) is 2.27. The van der Waals surface area contributed by atoms with Crippen LogP contribution in [0.25, 0.3) is 0 Å². The number of rotatable bonds is 0. The summed E-state index contributed by atoms with van der Waals surface area (Å²) in [6, 6.07) is 0. The number of carbonyl (C=O) groups is 2. The van der Waals surface area contributed by atoms with Crippen molar-refractivity contribution in [1.29, 1.82) is 0 Å². The van der Waals surface area contributed by atoms with Gasteiger partial charge >= 0.3 is 5.97 Å². The van der Waals surface area contributed by atoms with Crippen molar-refractivity contribution in [1.82, 2.24) is 4.90 Å². The molecule has 1 aliphatic rings. The largest absolute Gasteiger partial charge is 0.409 e. The van der Waals surface area contributed by atoms with Crippen LogP contribution in [0.15, 0.2) is 11.5 Å². The lowest BCUT2D eigenvalue weighted by Crippen LogP contribution is -2.49. The van der Waals surface area contributed by atoms with Gasteiger partial charge in [-0.25, -0.2) is 0 Å². The second-order valence-corrected chi connectivity index (χ2v) is 4.18. The van der Waals surface area contributed by atoms with Gasteiger partial charge in [0.2, 0.25) is 11.8 Å². The molecule has 0 saturated carbocycles. The minimum Gasteiger partial charge on any atom is -0.409 e. The molecule has 0 N–H and O–H groups in total. The smallest absolute Gasteiger partial charge is 0.327 e. The van der Waals surface area contributed by atoms with E-state index >= 15 is 0 Å². The molecule has 1 fully saturated rings. The Labute approximate surface area is 83.5 Å². The zero-order valence-corrected chi connectivity index (χ0v) is 9.17. The fourth-order valence-electron chi connectivity index (χ4n) is 1.32. The molecule has 0 aromatic rings. The first-order valence-corrected chi connectivity index (χ1v) is 4.46. The lowest BCUT2D eigenvalue weighted by atomic mass is 9.90. The summed E-state index contributed by atoms with van der Waals surface area (Å²) in [5.41, 5.74) is -0.266. The summed E-state index contributed by atoms with van der Waals surface area (Å²) in [5.74, 6) is -0.374. The summed E-state index contributed by atoms with van der Waals surface area (Å²) in [7, 11) is 1.61. The van der Waals surface area contributed by atoms with Crippen molar-refractivity contribution in [2.24, 2.45) is 5.41 Å². The predicted molar refractivity (Wildman–Crippen MR) is 51.0 cm³/mol. The van der Waals surface area contributed by atoms with Crippen LogP contribution in [-0.2, 0) is 14.3 Å². The van der Waals surface area contributed by atoms with Crippen LogP contribution >= 0.6 is 0 Å². The summed E-state index contributed by atoms with van der Waals surface area (Å²) in [6.45, 7) is 6.72. The molecular formula is C10H15NO3. The van der Waals surface area contributed by atoms with Crippen molar-refractivity contribution in [3.8, 4) is 0 Å². The van der Waals surface area contributed by atoms with E-state index in [2.05, 4.69) is 0 Å². The van der Waals surface area contributed by atoms with Crippen LogP contribution in [0.5, 0.6) is 0 Å². The number of allylic oxidation sites excluding steroid dienone is 1. The Morgan fingerprint density at radius 1 is 1.29 bits per heavy atom. The van der Waals surface area contributed by atoms with Gasteiger partial charge in [0.1, 0.15) is 5.41 Å². The molecule has 1 heterocycles. The number of nitrogens with zero attached hydrogens (tertiary/aromatic N) is 1. The number of hydrogen-bond donors (Lipinski definition) is 0. The van der Waals surface area contributed by atoms with Crippen molar-refractivity contribution in [2.45, 2.75) is 27.7 Å². The molecule has 0 atom stereocenters. The number of esters is 1. The van der Waals surface area contributed by atoms with E-state index in [-0.39, 0.29) is 5.91 Å². The molecule has 0 spiro atoms. The molecule has 1 aliphatic heterocycles. The average Bonchev–Trinajstić information content (AvgIpc) is 2.08. The summed E-state index contributed by atoms with van der Waals surface area (Å²) in [4.78, 5) is 24.6. The fraction of sp³-hybridized carbons (Fsp3) is 0.600. The van der Waals surface area contributed by atoms with Crippen LogP contribution in [0.2, 0.25) is 0 Å². The fourth-order valence-corrected chi connectivity index (χ4v) is 1.32. The quantitative estimate of drug-likeness (QED) is 0.434. The van der Waals surface area contributed by atoms with Gasteiger partial charge in [0.25, 0.3) is 0 Å². The Hall–Kier alpha value is -1.32. The van der Waals surface area contributed by atoms with Crippen LogP contribution in [0, 0.1) is 5.41 Å². The van der Waals surface area contributed by atoms with Gasteiger partial charge in [0.15, 0.2) is 0 Å². The molecular weight excluding hydrogens is 182 g/mol. The molecule has 1 amide bonds. The van der Waals surface area contributed by atoms with E-state index < -0.39 is 11.4 Å². The minimum absolute atomic E-state index is 0.232. The standard InChI is InChI=1S/C10H15NO3/c1-6(2)7-11(5)8(12)10(3,4)9(13)14-7/h1-5H3. The van der Waals surface area contributed by atoms with Crippen LogP contribution in [0.1, 0.15) is 27.7 Å². The number of cyclic esters (lactones) is 1. The monoisotopic (exact) mass is 197 g/mol. The highest BCUT2D eigenvalue weighted by molar-refractivity contribution is 6.04. The highest BCUT2D eigenvalue weighted by Crippen LogP contribution is 2.30. The zero-order chi connectivity index (χ0) is 11.1. The van der Waals surface area contributed by atoms with Crippen molar-refractivity contribution in [3.05, 3.63) is 11.5 Å². The minimum atomic E-state index is -1.08. The normalized spacial score (nSPS) is 20.9. The van der Waals surface area contributed by atoms with Crippen LogP contribution < -0.4 is 0 Å². The topological polar surface area (TPSA) is 46.6 Å². The second kappa shape index (κ2) is 3.12. The first-order valence-electron chi connectivity index (χ1n) is 4.46. The van der Waals surface area contributed by atoms with Crippen molar-refractivity contribution >= 4 is 11.9 Å². The summed E-state index contributed by atoms with van der Waals surface area (Å²) in [5, 5.41) is 0. The van der Waals surface area contributed by atoms with E-state index in [9.17, 15) is 9.59 Å². The molecule has 4 heteroatoms. The van der Waals surface area contributed by atoms with Crippen LogP contribution in [0.3, 0.4) is 0 Å². The molecule has 4 nitrogen and oxygen atoms in total. The third-order valence-corrected chi connectivity index (χ3v) is 2.27. The number of carbonyl (C=O) groups excluding carboxylic acids is 2. The highest BCUT2D eigenvalue weighted by atomic mass is 16.6. The molecule has 0 aliphatic carbocycles. The van der Waals surface area contributed by atoms with Gasteiger partial charge in [0.05, 0.1) is 0 Å². The van der Waals surface area contributed by atoms with Gasteiger partial charge < -0.3 is 4.74 Å². The lowest BCUT2D eigenvalue weighted by Gasteiger charge is -2.35. The molecule has 0 radical (unpaired) electrons. The van der Waals surface area contributed by atoms with E-state index in [0.717, 1.165) is 5.57 Å². The van der Waals surface area contributed by atoms with E-state index in [4.69, 9.17) is 4.74 Å². The van der Waals surface area contributed by atoms with Gasteiger partial charge in [-0.3, -0.25) is 14.5 Å². The van der Waals surface area contributed by atoms with Crippen molar-refractivity contribution in [3.63, 3.8) is 0 Å². The molecule has 78 valence electrons. The van der Waals surface area contributed by atoms with Gasteiger partial charge in [-0.05, 0) is 33.3 Å². The van der Waals surface area contributed by atoms with Crippen LogP contribution in [-0.4, -0.2) is 23.8 Å². The Morgan fingerprint density at radius 3 is 2.21 bits per heavy atom. The van der Waals surface area contributed by atoms with Gasteiger partial charge in [0, 0.05) is 7.05 Å². The Kier molecular flexibility index (Phi) is 2.39. The maximum atomic E-state index is 11.8. The van der Waals surface area contributed by atoms with Crippen LogP contribution in [0.4, 0.5) is 0 Å².